The van der Waals surface area contributed by atoms with Gasteiger partial charge in [-0.2, -0.15) is 4.98 Å². The van der Waals surface area contributed by atoms with Crippen molar-refractivity contribution in [2.45, 2.75) is 59.0 Å². The highest BCUT2D eigenvalue weighted by Gasteiger charge is 2.19. The lowest BCUT2D eigenvalue weighted by Gasteiger charge is -2.16. The van der Waals surface area contributed by atoms with Crippen molar-refractivity contribution < 1.29 is 24.2 Å². The number of ether oxygens (including phenoxy) is 2. The first-order valence-corrected chi connectivity index (χ1v) is 11.4. The molecule has 2 N–H and O–H groups in total. The molecule has 0 saturated carbocycles. The van der Waals surface area contributed by atoms with Crippen LogP contribution in [0.1, 0.15) is 56.4 Å². The average molecular weight is 456 g/mol. The number of aliphatic hydroxyl groups excluding tert-OH is 2. The molecule has 178 valence electrons. The third-order valence-electron chi connectivity index (χ3n) is 5.72. The first-order valence-electron chi connectivity index (χ1n) is 11.4. The molecule has 0 radical (unpaired) electrons. The zero-order chi connectivity index (χ0) is 24.0. The lowest BCUT2D eigenvalue weighted by atomic mass is 9.98. The van der Waals surface area contributed by atoms with Crippen LogP contribution in [0.4, 0.5) is 0 Å². The van der Waals surface area contributed by atoms with Gasteiger partial charge >= 0.3 is 0 Å². The highest BCUT2D eigenvalue weighted by Crippen LogP contribution is 2.32. The largest absolute Gasteiger partial charge is 0.497 e. The van der Waals surface area contributed by atoms with Crippen LogP contribution in [0, 0.1) is 6.92 Å². The van der Waals surface area contributed by atoms with Crippen molar-refractivity contribution in [3.05, 3.63) is 41.1 Å². The Hall–Kier alpha value is -2.97. The summed E-state index contributed by atoms with van der Waals surface area (Å²) in [7, 11) is 1.63. The molecular weight excluding hydrogens is 422 g/mol. The van der Waals surface area contributed by atoms with Gasteiger partial charge in [0, 0.05) is 29.3 Å². The van der Waals surface area contributed by atoms with Gasteiger partial charge in [-0.1, -0.05) is 25.9 Å². The van der Waals surface area contributed by atoms with Gasteiger partial charge in [0.15, 0.2) is 0 Å². The molecule has 3 rings (SSSR count). The Labute approximate surface area is 194 Å². The van der Waals surface area contributed by atoms with Gasteiger partial charge in [-0.05, 0) is 49.4 Å². The number of benzene rings is 1. The zero-order valence-corrected chi connectivity index (χ0v) is 20.0. The van der Waals surface area contributed by atoms with Gasteiger partial charge in [-0.3, -0.25) is 0 Å². The third-order valence-corrected chi connectivity index (χ3v) is 5.72. The summed E-state index contributed by atoms with van der Waals surface area (Å²) in [5.74, 6) is 2.52. The molecule has 0 unspecified atom stereocenters. The Morgan fingerprint density at radius 2 is 1.82 bits per heavy atom. The van der Waals surface area contributed by atoms with Gasteiger partial charge in [0.2, 0.25) is 5.82 Å². The van der Waals surface area contributed by atoms with Crippen LogP contribution in [0.15, 0.2) is 28.8 Å². The van der Waals surface area contributed by atoms with Gasteiger partial charge < -0.3 is 24.2 Å². The van der Waals surface area contributed by atoms with E-state index in [-0.39, 0.29) is 13.2 Å². The monoisotopic (exact) mass is 455 g/mol. The predicted molar refractivity (Wildman–Crippen MR) is 126 cm³/mol. The summed E-state index contributed by atoms with van der Waals surface area (Å²) < 4.78 is 16.8. The molecule has 2 aromatic heterocycles. The van der Waals surface area contributed by atoms with Gasteiger partial charge in [0.05, 0.1) is 13.7 Å². The summed E-state index contributed by atoms with van der Waals surface area (Å²) >= 11 is 0. The summed E-state index contributed by atoms with van der Waals surface area (Å²) in [6, 6.07) is 7.64. The van der Waals surface area contributed by atoms with Crippen molar-refractivity contribution >= 4 is 0 Å². The zero-order valence-electron chi connectivity index (χ0n) is 20.0. The third kappa shape index (κ3) is 5.69. The Morgan fingerprint density at radius 1 is 1.06 bits per heavy atom. The first kappa shape index (κ1) is 24.7. The van der Waals surface area contributed by atoms with E-state index in [1.54, 1.807) is 13.2 Å². The fourth-order valence-electron chi connectivity index (χ4n) is 3.79. The number of aliphatic hydroxyl groups is 2. The molecule has 33 heavy (non-hydrogen) atoms. The van der Waals surface area contributed by atoms with E-state index in [0.717, 1.165) is 41.6 Å². The molecule has 1 aromatic carbocycles. The molecule has 0 amide bonds. The van der Waals surface area contributed by atoms with E-state index >= 15 is 0 Å². The van der Waals surface area contributed by atoms with Crippen LogP contribution in [0.5, 0.6) is 11.5 Å². The molecule has 0 aliphatic carbocycles. The van der Waals surface area contributed by atoms with E-state index in [9.17, 15) is 5.11 Å². The summed E-state index contributed by atoms with van der Waals surface area (Å²) in [4.78, 5) is 9.38. The maximum Gasteiger partial charge on any atom is 0.276 e. The number of pyridine rings is 1. The molecule has 8 nitrogen and oxygen atoms in total. The average Bonchev–Trinajstić information content (AvgIpc) is 3.33. The highest BCUT2D eigenvalue weighted by atomic mass is 16.5. The summed E-state index contributed by atoms with van der Waals surface area (Å²) in [6.07, 6.45) is 1.76. The van der Waals surface area contributed by atoms with Crippen LogP contribution in [0.2, 0.25) is 0 Å². The fourth-order valence-corrected chi connectivity index (χ4v) is 3.79. The van der Waals surface area contributed by atoms with Gasteiger partial charge in [-0.15, -0.1) is 0 Å². The second kappa shape index (κ2) is 11.2. The van der Waals surface area contributed by atoms with Crippen molar-refractivity contribution in [2.24, 2.45) is 0 Å². The van der Waals surface area contributed by atoms with E-state index in [1.165, 1.54) is 0 Å². The standard InChI is InChI=1S/C25H33N3O5/c1-6-16(7-2)21-11-20(31-5)12-22(26-21)25-27-24(28-33-25)18-9-15(4)23(17(8-3)10-18)32-14-19(30)13-29/h9-12,16,19,29-30H,6-8,13-14H2,1-5H3/t19-/m0/s1. The van der Waals surface area contributed by atoms with Crippen molar-refractivity contribution in [3.63, 3.8) is 0 Å². The van der Waals surface area contributed by atoms with Crippen LogP contribution in [-0.4, -0.2) is 51.8 Å². The topological polar surface area (TPSA) is 111 Å². The van der Waals surface area contributed by atoms with Crippen molar-refractivity contribution in [3.8, 4) is 34.5 Å². The summed E-state index contributed by atoms with van der Waals surface area (Å²) in [6.45, 7) is 7.92. The fraction of sp³-hybridized carbons (Fsp3) is 0.480. The second-order valence-corrected chi connectivity index (χ2v) is 8.04. The molecule has 0 aliphatic heterocycles. The molecule has 3 aromatic rings. The summed E-state index contributed by atoms with van der Waals surface area (Å²) in [5.41, 5.74) is 4.18. The normalized spacial score (nSPS) is 12.2. The number of aryl methyl sites for hydroxylation is 2. The Balaban J connectivity index is 1.94. The van der Waals surface area contributed by atoms with Crippen LogP contribution in [0.3, 0.4) is 0 Å². The lowest BCUT2D eigenvalue weighted by Crippen LogP contribution is -2.22. The lowest BCUT2D eigenvalue weighted by molar-refractivity contribution is 0.0531. The first-order chi connectivity index (χ1) is 15.9. The SMILES string of the molecule is CCc1cc(-c2noc(-c3cc(OC)cc(C(CC)CC)n3)n2)cc(C)c1OC[C@@H](O)CO. The molecule has 0 fully saturated rings. The number of aromatic nitrogens is 3. The van der Waals surface area contributed by atoms with Crippen molar-refractivity contribution in [2.75, 3.05) is 20.3 Å². The predicted octanol–water partition coefficient (Wildman–Crippen LogP) is 4.31. The molecule has 0 spiro atoms. The van der Waals surface area contributed by atoms with Crippen LogP contribution in [0.25, 0.3) is 23.0 Å². The number of hydrogen-bond donors (Lipinski definition) is 2. The maximum absolute atomic E-state index is 9.62. The molecule has 8 heteroatoms. The Morgan fingerprint density at radius 3 is 2.45 bits per heavy atom. The van der Waals surface area contributed by atoms with Crippen molar-refractivity contribution in [1.29, 1.82) is 0 Å². The molecular formula is C25H33N3O5. The van der Waals surface area contributed by atoms with Crippen LogP contribution >= 0.6 is 0 Å². The summed E-state index contributed by atoms with van der Waals surface area (Å²) in [5, 5.41) is 22.8. The maximum atomic E-state index is 9.62. The smallest absolute Gasteiger partial charge is 0.276 e. The number of hydrogen-bond acceptors (Lipinski definition) is 8. The Kier molecular flexibility index (Phi) is 8.41. The van der Waals surface area contributed by atoms with Crippen LogP contribution < -0.4 is 9.47 Å². The van der Waals surface area contributed by atoms with E-state index in [0.29, 0.717) is 34.8 Å². The van der Waals surface area contributed by atoms with E-state index in [4.69, 9.17) is 24.1 Å². The van der Waals surface area contributed by atoms with Gasteiger partial charge in [-0.25, -0.2) is 4.98 Å². The number of nitrogens with zero attached hydrogens (tertiary/aromatic N) is 3. The minimum absolute atomic E-state index is 0.0242. The van der Waals surface area contributed by atoms with Gasteiger partial charge in [0.25, 0.3) is 5.89 Å². The molecule has 1 atom stereocenters. The van der Waals surface area contributed by atoms with E-state index in [1.807, 2.05) is 32.0 Å². The van der Waals surface area contributed by atoms with Crippen molar-refractivity contribution in [1.82, 2.24) is 15.1 Å². The highest BCUT2D eigenvalue weighted by molar-refractivity contribution is 5.63. The molecule has 0 bridgehead atoms. The van der Waals surface area contributed by atoms with Gasteiger partial charge in [0.1, 0.15) is 29.9 Å². The second-order valence-electron chi connectivity index (χ2n) is 8.04. The molecule has 0 aliphatic rings. The minimum atomic E-state index is -0.922. The minimum Gasteiger partial charge on any atom is -0.497 e. The Bertz CT molecular complexity index is 1060. The number of rotatable bonds is 11. The number of methoxy groups -OCH3 is 1. The quantitative estimate of drug-likeness (QED) is 0.440. The van der Waals surface area contributed by atoms with Crippen LogP contribution in [-0.2, 0) is 6.42 Å². The molecule has 0 saturated heterocycles. The van der Waals surface area contributed by atoms with E-state index in [2.05, 4.69) is 24.0 Å². The molecule has 2 heterocycles. The van der Waals surface area contributed by atoms with E-state index < -0.39 is 6.10 Å².